The van der Waals surface area contributed by atoms with Crippen molar-refractivity contribution in [2.75, 3.05) is 0 Å². The lowest BCUT2D eigenvalue weighted by Gasteiger charge is -1.99. The predicted molar refractivity (Wildman–Crippen MR) is 63.6 cm³/mol. The second kappa shape index (κ2) is 5.12. The molecule has 78 valence electrons. The van der Waals surface area contributed by atoms with Gasteiger partial charge in [0.2, 0.25) is 0 Å². The van der Waals surface area contributed by atoms with E-state index in [-0.39, 0.29) is 6.15 Å². The molecule has 1 heterocycles. The van der Waals surface area contributed by atoms with E-state index < -0.39 is 0 Å². The second-order valence-corrected chi connectivity index (χ2v) is 3.17. The number of nitrogens with one attached hydrogen (secondary N) is 1. The largest absolute Gasteiger partial charge is 0.345 e. The van der Waals surface area contributed by atoms with Crippen LogP contribution in [0.2, 0.25) is 0 Å². The Hall–Kier alpha value is -1.87. The van der Waals surface area contributed by atoms with Crippen LogP contribution in [0.3, 0.4) is 0 Å². The number of imidazole rings is 1. The molecule has 1 aromatic carbocycles. The number of rotatable bonds is 2. The minimum atomic E-state index is 0. The molecule has 15 heavy (non-hydrogen) atoms. The number of aromatic nitrogens is 2. The topological polar surface area (TPSA) is 63.7 Å². The molecule has 0 fully saturated rings. The second-order valence-electron chi connectivity index (χ2n) is 3.17. The summed E-state index contributed by atoms with van der Waals surface area (Å²) >= 11 is 0. The van der Waals surface area contributed by atoms with Gasteiger partial charge in [0.15, 0.2) is 0 Å². The Morgan fingerprint density at radius 3 is 2.60 bits per heavy atom. The van der Waals surface area contributed by atoms with Crippen molar-refractivity contribution < 1.29 is 0 Å². The van der Waals surface area contributed by atoms with Crippen molar-refractivity contribution in [2.24, 2.45) is 0 Å². The van der Waals surface area contributed by atoms with E-state index in [0.29, 0.717) is 0 Å². The van der Waals surface area contributed by atoms with E-state index in [9.17, 15) is 0 Å². The lowest BCUT2D eigenvalue weighted by Crippen LogP contribution is -1.80. The smallest absolute Gasteiger partial charge is 0.130 e. The summed E-state index contributed by atoms with van der Waals surface area (Å²) < 4.78 is 0. The average Bonchev–Trinajstić information content (AvgIpc) is 2.72. The van der Waals surface area contributed by atoms with Crippen LogP contribution >= 0.6 is 0 Å². The van der Waals surface area contributed by atoms with E-state index in [0.717, 1.165) is 5.82 Å². The Balaban J connectivity index is 0.00000112. The first-order valence-corrected chi connectivity index (χ1v) is 4.59. The summed E-state index contributed by atoms with van der Waals surface area (Å²) in [5, 5.41) is 0. The van der Waals surface area contributed by atoms with Crippen LogP contribution in [0.1, 0.15) is 18.3 Å². The monoisotopic (exact) mass is 201 g/mol. The molecule has 2 rings (SSSR count). The summed E-state index contributed by atoms with van der Waals surface area (Å²) in [6.07, 6.45) is 5.61. The molecule has 0 aliphatic heterocycles. The molecule has 0 aliphatic rings. The van der Waals surface area contributed by atoms with Crippen molar-refractivity contribution in [2.45, 2.75) is 6.92 Å². The van der Waals surface area contributed by atoms with Crippen LogP contribution in [-0.2, 0) is 0 Å². The van der Waals surface area contributed by atoms with E-state index >= 15 is 0 Å². The summed E-state index contributed by atoms with van der Waals surface area (Å²) in [6.45, 7) is 2.08. The molecule has 0 atom stereocenters. The maximum absolute atomic E-state index is 4.15. The van der Waals surface area contributed by atoms with E-state index in [1.807, 2.05) is 30.5 Å². The highest BCUT2D eigenvalue weighted by molar-refractivity contribution is 5.78. The third-order valence-electron chi connectivity index (χ3n) is 2.10. The zero-order valence-corrected chi connectivity index (χ0v) is 8.77. The van der Waals surface area contributed by atoms with Gasteiger partial charge in [-0.25, -0.2) is 4.98 Å². The molecule has 0 amide bonds. The molecule has 0 saturated heterocycles. The number of aromatic amines is 1. The molecule has 3 heteroatoms. The maximum atomic E-state index is 4.15. The van der Waals surface area contributed by atoms with Crippen LogP contribution in [0.15, 0.2) is 42.7 Å². The van der Waals surface area contributed by atoms with Crippen LogP contribution in [0.25, 0.3) is 11.6 Å². The Bertz CT molecular complexity index is 415. The van der Waals surface area contributed by atoms with E-state index in [1.165, 1.54) is 11.1 Å². The summed E-state index contributed by atoms with van der Waals surface area (Å²) in [5.74, 6) is 0.895. The average molecular weight is 201 g/mol. The first-order valence-electron chi connectivity index (χ1n) is 4.59. The molecule has 0 radical (unpaired) electrons. The summed E-state index contributed by atoms with van der Waals surface area (Å²) in [7, 11) is 0. The predicted octanol–water partition coefficient (Wildman–Crippen LogP) is 3.13. The molecular formula is C12H15N3. The standard InChI is InChI=1S/C12H12N2.H3N/c1-10(9-12-13-7-8-14-12)11-5-3-2-4-6-11;/h2-9H,1H3,(H,13,14);1H3. The number of H-pyrrole nitrogens is 1. The third kappa shape index (κ3) is 2.79. The van der Waals surface area contributed by atoms with Crippen molar-refractivity contribution >= 4 is 11.6 Å². The molecule has 0 aliphatic carbocycles. The maximum Gasteiger partial charge on any atom is 0.130 e. The molecule has 1 aromatic heterocycles. The number of benzene rings is 1. The molecule has 0 bridgehead atoms. The van der Waals surface area contributed by atoms with Gasteiger partial charge in [0.1, 0.15) is 5.82 Å². The van der Waals surface area contributed by atoms with Gasteiger partial charge in [-0.1, -0.05) is 30.3 Å². The highest BCUT2D eigenvalue weighted by Crippen LogP contribution is 2.14. The summed E-state index contributed by atoms with van der Waals surface area (Å²) in [5.41, 5.74) is 2.43. The zero-order valence-electron chi connectivity index (χ0n) is 8.77. The third-order valence-corrected chi connectivity index (χ3v) is 2.10. The first-order chi connectivity index (χ1) is 6.86. The summed E-state index contributed by atoms with van der Waals surface area (Å²) in [4.78, 5) is 7.20. The Labute approximate surface area is 89.5 Å². The molecule has 0 unspecified atom stereocenters. The van der Waals surface area contributed by atoms with E-state index in [2.05, 4.69) is 29.0 Å². The van der Waals surface area contributed by atoms with E-state index in [1.54, 1.807) is 6.20 Å². The van der Waals surface area contributed by atoms with Gasteiger partial charge >= 0.3 is 0 Å². The van der Waals surface area contributed by atoms with Gasteiger partial charge in [-0.15, -0.1) is 0 Å². The van der Waals surface area contributed by atoms with Crippen LogP contribution in [0, 0.1) is 0 Å². The van der Waals surface area contributed by atoms with Gasteiger partial charge < -0.3 is 11.1 Å². The van der Waals surface area contributed by atoms with Gasteiger partial charge in [0.25, 0.3) is 0 Å². The van der Waals surface area contributed by atoms with E-state index in [4.69, 9.17) is 0 Å². The molecular weight excluding hydrogens is 186 g/mol. The van der Waals surface area contributed by atoms with Crippen molar-refractivity contribution in [1.82, 2.24) is 16.1 Å². The minimum absolute atomic E-state index is 0. The number of hydrogen-bond donors (Lipinski definition) is 2. The molecule has 4 N–H and O–H groups in total. The van der Waals surface area contributed by atoms with Gasteiger partial charge in [-0.2, -0.15) is 0 Å². The van der Waals surface area contributed by atoms with Crippen molar-refractivity contribution in [3.8, 4) is 0 Å². The van der Waals surface area contributed by atoms with Crippen molar-refractivity contribution in [3.63, 3.8) is 0 Å². The van der Waals surface area contributed by atoms with Gasteiger partial charge in [0, 0.05) is 12.4 Å². The fraction of sp³-hybridized carbons (Fsp3) is 0.0833. The van der Waals surface area contributed by atoms with Crippen molar-refractivity contribution in [1.29, 1.82) is 0 Å². The Morgan fingerprint density at radius 1 is 1.27 bits per heavy atom. The molecule has 3 nitrogen and oxygen atoms in total. The fourth-order valence-electron chi connectivity index (χ4n) is 1.35. The number of allylic oxidation sites excluding steroid dienone is 1. The molecule has 0 spiro atoms. The Kier molecular flexibility index (Phi) is 3.83. The SMILES string of the molecule is CC(=Cc1ncc[nH]1)c1ccccc1.N. The normalized spacial score (nSPS) is 10.9. The quantitative estimate of drug-likeness (QED) is 0.784. The van der Waals surface area contributed by atoms with Crippen LogP contribution in [0.4, 0.5) is 0 Å². The highest BCUT2D eigenvalue weighted by Gasteiger charge is 1.95. The summed E-state index contributed by atoms with van der Waals surface area (Å²) in [6, 6.07) is 10.3. The lowest BCUT2D eigenvalue weighted by molar-refractivity contribution is 1.26. The minimum Gasteiger partial charge on any atom is -0.345 e. The van der Waals surface area contributed by atoms with Crippen LogP contribution in [0.5, 0.6) is 0 Å². The van der Waals surface area contributed by atoms with Crippen LogP contribution < -0.4 is 6.15 Å². The molecule has 2 aromatic rings. The lowest BCUT2D eigenvalue weighted by atomic mass is 10.1. The van der Waals surface area contributed by atoms with Crippen molar-refractivity contribution in [3.05, 3.63) is 54.1 Å². The fourth-order valence-corrected chi connectivity index (χ4v) is 1.35. The number of nitrogens with zero attached hydrogens (tertiary/aromatic N) is 1. The highest BCUT2D eigenvalue weighted by atomic mass is 14.9. The first kappa shape index (κ1) is 11.2. The van der Waals surface area contributed by atoms with Gasteiger partial charge in [0.05, 0.1) is 0 Å². The van der Waals surface area contributed by atoms with Gasteiger partial charge in [-0.05, 0) is 24.1 Å². The zero-order chi connectivity index (χ0) is 9.80. The number of hydrogen-bond acceptors (Lipinski definition) is 2. The Morgan fingerprint density at radius 2 is 2.00 bits per heavy atom. The molecule has 0 saturated carbocycles. The van der Waals surface area contributed by atoms with Gasteiger partial charge in [-0.3, -0.25) is 0 Å². The van der Waals surface area contributed by atoms with Crippen LogP contribution in [-0.4, -0.2) is 9.97 Å².